The highest BCUT2D eigenvalue weighted by molar-refractivity contribution is 6.00. The topological polar surface area (TPSA) is 95.7 Å². The molecule has 0 saturated carbocycles. The number of nitrogens with two attached hydrogens (primary N) is 1. The van der Waals surface area contributed by atoms with Gasteiger partial charge in [0, 0.05) is 13.6 Å². The van der Waals surface area contributed by atoms with Gasteiger partial charge in [-0.1, -0.05) is 13.8 Å². The van der Waals surface area contributed by atoms with Crippen molar-refractivity contribution in [1.82, 2.24) is 5.32 Å². The standard InChI is InChI=1S/C14H20FN3O3/c1-8(2)6-17-11(19)7-18(3)10-5-4-9(15)13(16)12(10)14(20)21/h4-5,8H,6-7,16H2,1-3H3,(H,17,19)(H,20,21). The first kappa shape index (κ1) is 16.7. The summed E-state index contributed by atoms with van der Waals surface area (Å²) in [7, 11) is 1.55. The van der Waals surface area contributed by atoms with Crippen LogP contribution in [0.25, 0.3) is 0 Å². The Morgan fingerprint density at radius 1 is 1.43 bits per heavy atom. The van der Waals surface area contributed by atoms with Crippen molar-refractivity contribution in [3.8, 4) is 0 Å². The van der Waals surface area contributed by atoms with Crippen LogP contribution in [-0.2, 0) is 4.79 Å². The van der Waals surface area contributed by atoms with E-state index in [1.807, 2.05) is 13.8 Å². The average molecular weight is 297 g/mol. The maximum absolute atomic E-state index is 13.4. The molecule has 1 amide bonds. The molecule has 0 radical (unpaired) electrons. The molecule has 0 fully saturated rings. The molecule has 1 aromatic rings. The van der Waals surface area contributed by atoms with Gasteiger partial charge in [-0.3, -0.25) is 4.79 Å². The molecule has 1 rings (SSSR count). The molecule has 0 aliphatic rings. The molecule has 4 N–H and O–H groups in total. The molecule has 0 aliphatic heterocycles. The van der Waals surface area contributed by atoms with E-state index in [1.54, 1.807) is 7.05 Å². The fourth-order valence-corrected chi connectivity index (χ4v) is 1.80. The summed E-state index contributed by atoms with van der Waals surface area (Å²) in [5.41, 5.74) is 4.89. The van der Waals surface area contributed by atoms with Crippen LogP contribution in [0.15, 0.2) is 12.1 Å². The SMILES string of the molecule is CC(C)CNC(=O)CN(C)c1ccc(F)c(N)c1C(=O)O. The van der Waals surface area contributed by atoms with Crippen LogP contribution in [0.1, 0.15) is 24.2 Å². The van der Waals surface area contributed by atoms with Crippen molar-refractivity contribution in [2.45, 2.75) is 13.8 Å². The van der Waals surface area contributed by atoms with E-state index in [2.05, 4.69) is 5.32 Å². The molecule has 0 saturated heterocycles. The highest BCUT2D eigenvalue weighted by Crippen LogP contribution is 2.27. The summed E-state index contributed by atoms with van der Waals surface area (Å²) in [5.74, 6) is -2.06. The molecule has 0 aromatic heterocycles. The van der Waals surface area contributed by atoms with Crippen LogP contribution in [0.2, 0.25) is 0 Å². The molecule has 0 spiro atoms. The number of carbonyl (C=O) groups excluding carboxylic acids is 1. The number of halogens is 1. The van der Waals surface area contributed by atoms with E-state index >= 15 is 0 Å². The Labute approximate surface area is 122 Å². The first-order chi connectivity index (χ1) is 9.73. The second-order valence-corrected chi connectivity index (χ2v) is 5.21. The Morgan fingerprint density at radius 3 is 2.57 bits per heavy atom. The van der Waals surface area contributed by atoms with E-state index in [0.29, 0.717) is 12.5 Å². The number of nitrogen functional groups attached to an aromatic ring is 1. The summed E-state index contributed by atoms with van der Waals surface area (Å²) in [6.45, 7) is 4.42. The molecule has 0 aliphatic carbocycles. The summed E-state index contributed by atoms with van der Waals surface area (Å²) >= 11 is 0. The van der Waals surface area contributed by atoms with E-state index in [1.165, 1.54) is 11.0 Å². The molecule has 1 aromatic carbocycles. The lowest BCUT2D eigenvalue weighted by molar-refractivity contribution is -0.119. The molecule has 116 valence electrons. The van der Waals surface area contributed by atoms with E-state index in [-0.39, 0.29) is 23.7 Å². The van der Waals surface area contributed by atoms with Gasteiger partial charge >= 0.3 is 5.97 Å². The summed E-state index contributed by atoms with van der Waals surface area (Å²) < 4.78 is 13.4. The van der Waals surface area contributed by atoms with Crippen LogP contribution in [0, 0.1) is 11.7 Å². The van der Waals surface area contributed by atoms with Gasteiger partial charge in [0.15, 0.2) is 0 Å². The van der Waals surface area contributed by atoms with Crippen LogP contribution in [0.3, 0.4) is 0 Å². The van der Waals surface area contributed by atoms with Crippen LogP contribution in [0.5, 0.6) is 0 Å². The van der Waals surface area contributed by atoms with Crippen molar-refractivity contribution in [3.63, 3.8) is 0 Å². The number of nitrogens with one attached hydrogen (secondary N) is 1. The van der Waals surface area contributed by atoms with Crippen LogP contribution < -0.4 is 16.0 Å². The monoisotopic (exact) mass is 297 g/mol. The Kier molecular flexibility index (Phi) is 5.52. The van der Waals surface area contributed by atoms with Crippen LogP contribution in [-0.4, -0.2) is 37.1 Å². The van der Waals surface area contributed by atoms with Crippen molar-refractivity contribution < 1.29 is 19.1 Å². The zero-order chi connectivity index (χ0) is 16.2. The number of carboxylic acids is 1. The van der Waals surface area contributed by atoms with Gasteiger partial charge in [0.1, 0.15) is 11.4 Å². The molecule has 0 unspecified atom stereocenters. The second-order valence-electron chi connectivity index (χ2n) is 5.21. The molecule has 7 heteroatoms. The fourth-order valence-electron chi connectivity index (χ4n) is 1.80. The highest BCUT2D eigenvalue weighted by Gasteiger charge is 2.21. The predicted octanol–water partition coefficient (Wildman–Crippen LogP) is 1.31. The normalized spacial score (nSPS) is 10.5. The number of rotatable bonds is 6. The molecule has 0 atom stereocenters. The number of carboxylic acid groups (broad SMARTS) is 1. The number of amides is 1. The lowest BCUT2D eigenvalue weighted by Crippen LogP contribution is -2.37. The minimum absolute atomic E-state index is 0.0436. The number of hydrogen-bond acceptors (Lipinski definition) is 4. The first-order valence-electron chi connectivity index (χ1n) is 6.53. The van der Waals surface area contributed by atoms with Crippen molar-refractivity contribution in [1.29, 1.82) is 0 Å². The van der Waals surface area contributed by atoms with Gasteiger partial charge in [-0.15, -0.1) is 0 Å². The number of carbonyl (C=O) groups is 2. The third-order valence-corrected chi connectivity index (χ3v) is 2.88. The Morgan fingerprint density at radius 2 is 2.05 bits per heavy atom. The molecular formula is C14H20FN3O3. The highest BCUT2D eigenvalue weighted by atomic mass is 19.1. The molecule has 0 heterocycles. The van der Waals surface area contributed by atoms with Crippen molar-refractivity contribution >= 4 is 23.3 Å². The quantitative estimate of drug-likeness (QED) is 0.688. The van der Waals surface area contributed by atoms with Crippen molar-refractivity contribution in [2.24, 2.45) is 5.92 Å². The zero-order valence-corrected chi connectivity index (χ0v) is 12.3. The van der Waals surface area contributed by atoms with Gasteiger partial charge < -0.3 is 21.1 Å². The third-order valence-electron chi connectivity index (χ3n) is 2.88. The number of benzene rings is 1. The zero-order valence-electron chi connectivity index (χ0n) is 12.3. The lowest BCUT2D eigenvalue weighted by Gasteiger charge is -2.22. The summed E-state index contributed by atoms with van der Waals surface area (Å²) in [6.07, 6.45) is 0. The van der Waals surface area contributed by atoms with Gasteiger partial charge in [0.25, 0.3) is 0 Å². The van der Waals surface area contributed by atoms with Crippen LogP contribution in [0.4, 0.5) is 15.8 Å². The molecule has 6 nitrogen and oxygen atoms in total. The largest absolute Gasteiger partial charge is 0.478 e. The summed E-state index contributed by atoms with van der Waals surface area (Å²) in [4.78, 5) is 24.4. The number of aromatic carboxylic acids is 1. The lowest BCUT2D eigenvalue weighted by atomic mass is 10.1. The van der Waals surface area contributed by atoms with Gasteiger partial charge in [-0.25, -0.2) is 9.18 Å². The van der Waals surface area contributed by atoms with Crippen molar-refractivity contribution in [3.05, 3.63) is 23.5 Å². The first-order valence-corrected chi connectivity index (χ1v) is 6.53. The predicted molar refractivity (Wildman–Crippen MR) is 78.9 cm³/mol. The van der Waals surface area contributed by atoms with Gasteiger partial charge in [0.2, 0.25) is 5.91 Å². The van der Waals surface area contributed by atoms with Gasteiger partial charge in [-0.05, 0) is 18.1 Å². The molecule has 21 heavy (non-hydrogen) atoms. The molecule has 0 bridgehead atoms. The van der Waals surface area contributed by atoms with E-state index < -0.39 is 17.5 Å². The minimum Gasteiger partial charge on any atom is -0.478 e. The average Bonchev–Trinajstić information content (AvgIpc) is 2.38. The smallest absolute Gasteiger partial charge is 0.340 e. The third kappa shape index (κ3) is 4.34. The van der Waals surface area contributed by atoms with E-state index in [9.17, 15) is 14.0 Å². The Hall–Kier alpha value is -2.31. The number of anilines is 2. The van der Waals surface area contributed by atoms with Crippen LogP contribution >= 0.6 is 0 Å². The van der Waals surface area contributed by atoms with Crippen molar-refractivity contribution in [2.75, 3.05) is 30.8 Å². The Balaban J connectivity index is 2.92. The van der Waals surface area contributed by atoms with Gasteiger partial charge in [0.05, 0.1) is 17.9 Å². The minimum atomic E-state index is -1.34. The number of likely N-dealkylation sites (N-methyl/N-ethyl adjacent to an activating group) is 1. The van der Waals surface area contributed by atoms with E-state index in [4.69, 9.17) is 10.8 Å². The second kappa shape index (κ2) is 6.92. The maximum atomic E-state index is 13.4. The summed E-state index contributed by atoms with van der Waals surface area (Å²) in [5, 5.41) is 11.9. The Bertz CT molecular complexity index is 547. The number of nitrogens with zero attached hydrogens (tertiary/aromatic N) is 1. The fraction of sp³-hybridized carbons (Fsp3) is 0.429. The molecular weight excluding hydrogens is 277 g/mol. The van der Waals surface area contributed by atoms with E-state index in [0.717, 1.165) is 6.07 Å². The number of hydrogen-bond donors (Lipinski definition) is 3. The summed E-state index contributed by atoms with van der Waals surface area (Å²) in [6, 6.07) is 2.38. The van der Waals surface area contributed by atoms with Gasteiger partial charge in [-0.2, -0.15) is 0 Å². The maximum Gasteiger partial charge on any atom is 0.340 e.